The number of aromatic amines is 1. The highest BCUT2D eigenvalue weighted by molar-refractivity contribution is 7.44. The molecule has 1 aromatic heterocycles. The van der Waals surface area contributed by atoms with Crippen molar-refractivity contribution in [1.29, 1.82) is 5.26 Å². The topological polar surface area (TPSA) is 267 Å². The lowest BCUT2D eigenvalue weighted by molar-refractivity contribution is -0.275. The summed E-state index contributed by atoms with van der Waals surface area (Å²) < 4.78 is 145. The van der Waals surface area contributed by atoms with E-state index in [4.69, 9.17) is 46.9 Å². The molecule has 2 aliphatic heterocycles. The third-order valence-corrected chi connectivity index (χ3v) is 15.1. The van der Waals surface area contributed by atoms with Gasteiger partial charge in [0.2, 0.25) is 0 Å². The zero-order valence-corrected chi connectivity index (χ0v) is 47.1. The average Bonchev–Trinajstić information content (AvgIpc) is 4.02. The smallest absolute Gasteiger partial charge is 0.471 e. The van der Waals surface area contributed by atoms with Gasteiger partial charge in [0.15, 0.2) is 18.5 Å². The van der Waals surface area contributed by atoms with Crippen LogP contribution in [-0.4, -0.2) is 139 Å². The Hall–Kier alpha value is -6.96. The highest BCUT2D eigenvalue weighted by Crippen LogP contribution is 2.51. The second-order valence-corrected chi connectivity index (χ2v) is 20.8. The SMILES string of the molecule is COc1ccc(C(OC[C@H]2O[C@@H](n3cc(CO[C@@H]4O[C@H](CNC(=O)C(F)(F)F)[C@@H](OC(C)=O)[C@H](OC(C)=O)[C@H]4NC(=O)C(F)(F)F)c(=O)[nH]c3=O)C[C@@H]2OP(OCCC#N)N(C(C)C)C(C)C)(c2ccccc2)c2ccc(OC)cc2)cc1. The number of nitriles is 1. The Bertz CT molecular complexity index is 2940. The number of benzene rings is 3. The fraction of sp³-hybridized carbons (Fsp3) is 0.500. The first kappa shape index (κ1) is 65.2. The maximum Gasteiger partial charge on any atom is 0.471 e. The van der Waals surface area contributed by atoms with Crippen molar-refractivity contribution in [2.24, 2.45) is 0 Å². The fourth-order valence-electron chi connectivity index (χ4n) is 9.40. The van der Waals surface area contributed by atoms with E-state index in [-0.39, 0.29) is 38.1 Å². The molecule has 2 aliphatic rings. The summed E-state index contributed by atoms with van der Waals surface area (Å²) in [4.78, 5) is 79.0. The van der Waals surface area contributed by atoms with Crippen LogP contribution in [0.3, 0.4) is 0 Å². The quantitative estimate of drug-likeness (QED) is 0.0215. The molecule has 452 valence electrons. The number of aromatic nitrogens is 2. The lowest BCUT2D eigenvalue weighted by atomic mass is 9.80. The van der Waals surface area contributed by atoms with Crippen molar-refractivity contribution in [2.75, 3.05) is 34.0 Å². The van der Waals surface area contributed by atoms with Crippen LogP contribution in [-0.2, 0) is 68.9 Å². The fourth-order valence-corrected chi connectivity index (χ4v) is 11.2. The molecule has 2 saturated heterocycles. The van der Waals surface area contributed by atoms with Gasteiger partial charge in [-0.1, -0.05) is 54.6 Å². The number of nitrogens with one attached hydrogen (secondary N) is 3. The van der Waals surface area contributed by atoms with Crippen molar-refractivity contribution in [3.8, 4) is 17.6 Å². The monoisotopic (exact) mass is 1200 g/mol. The molecule has 3 N–H and O–H groups in total. The van der Waals surface area contributed by atoms with Crippen molar-refractivity contribution in [1.82, 2.24) is 24.9 Å². The molecule has 2 fully saturated rings. The molecule has 1 unspecified atom stereocenters. The maximum absolute atomic E-state index is 14.0. The van der Waals surface area contributed by atoms with Gasteiger partial charge in [-0.15, -0.1) is 0 Å². The van der Waals surface area contributed by atoms with Crippen LogP contribution in [0.5, 0.6) is 11.5 Å². The van der Waals surface area contributed by atoms with Crippen molar-refractivity contribution in [3.63, 3.8) is 0 Å². The van der Waals surface area contributed by atoms with Gasteiger partial charge >= 0.3 is 41.8 Å². The Morgan fingerprint density at radius 3 is 1.87 bits per heavy atom. The van der Waals surface area contributed by atoms with Gasteiger partial charge in [-0.25, -0.2) is 9.46 Å². The summed E-state index contributed by atoms with van der Waals surface area (Å²) >= 11 is 0. The number of amides is 2. The predicted octanol–water partition coefficient (Wildman–Crippen LogP) is 6.34. The number of esters is 2. The molecular weight excluding hydrogens is 1130 g/mol. The van der Waals surface area contributed by atoms with E-state index in [0.29, 0.717) is 28.2 Å². The highest BCUT2D eigenvalue weighted by Gasteiger charge is 2.54. The van der Waals surface area contributed by atoms with E-state index in [9.17, 15) is 60.4 Å². The minimum Gasteiger partial charge on any atom is -0.497 e. The summed E-state index contributed by atoms with van der Waals surface area (Å²) in [5, 5.41) is 12.5. The molecule has 0 radical (unpaired) electrons. The van der Waals surface area contributed by atoms with E-state index in [1.807, 2.05) is 87.0 Å². The van der Waals surface area contributed by atoms with Crippen molar-refractivity contribution in [3.05, 3.63) is 128 Å². The number of H-pyrrole nitrogens is 1. The van der Waals surface area contributed by atoms with Crippen LogP contribution < -0.4 is 31.4 Å². The Morgan fingerprint density at radius 1 is 0.795 bits per heavy atom. The first-order chi connectivity index (χ1) is 39.2. The second-order valence-electron chi connectivity index (χ2n) is 19.4. The van der Waals surface area contributed by atoms with Crippen LogP contribution in [0.1, 0.15) is 82.9 Å². The molecule has 22 nitrogen and oxygen atoms in total. The minimum atomic E-state index is -5.63. The van der Waals surface area contributed by atoms with E-state index in [0.717, 1.165) is 24.6 Å². The third kappa shape index (κ3) is 16.4. The minimum absolute atomic E-state index is 0.0112. The van der Waals surface area contributed by atoms with E-state index in [2.05, 4.69) is 11.1 Å². The largest absolute Gasteiger partial charge is 0.497 e. The van der Waals surface area contributed by atoms with Crippen LogP contribution >= 0.6 is 8.53 Å². The summed E-state index contributed by atoms with van der Waals surface area (Å²) in [6.45, 7) is 6.74. The number of alkyl halides is 6. The predicted molar refractivity (Wildman–Crippen MR) is 280 cm³/mol. The van der Waals surface area contributed by atoms with Gasteiger partial charge in [-0.2, -0.15) is 31.6 Å². The summed E-state index contributed by atoms with van der Waals surface area (Å²) in [6.07, 6.45) is -22.3. The molecule has 29 heteroatoms. The molecule has 2 amide bonds. The van der Waals surface area contributed by atoms with Crippen LogP contribution in [0.25, 0.3) is 0 Å². The number of carbonyl (C=O) groups excluding carboxylic acids is 4. The van der Waals surface area contributed by atoms with Gasteiger partial charge in [-0.3, -0.25) is 33.5 Å². The van der Waals surface area contributed by atoms with Gasteiger partial charge in [0, 0.05) is 45.1 Å². The average molecular weight is 1200 g/mol. The molecule has 0 spiro atoms. The number of methoxy groups -OCH3 is 2. The molecule has 83 heavy (non-hydrogen) atoms. The zero-order chi connectivity index (χ0) is 61.0. The number of halogens is 6. The summed E-state index contributed by atoms with van der Waals surface area (Å²) in [7, 11) is 1.05. The Kier molecular flexibility index (Phi) is 22.4. The number of hydrogen-bond donors (Lipinski definition) is 3. The van der Waals surface area contributed by atoms with Gasteiger partial charge in [0.05, 0.1) is 58.2 Å². The molecule has 3 heterocycles. The zero-order valence-electron chi connectivity index (χ0n) is 46.2. The summed E-state index contributed by atoms with van der Waals surface area (Å²) in [5.41, 5.74) is -2.06. The van der Waals surface area contributed by atoms with E-state index in [1.54, 1.807) is 29.6 Å². The highest BCUT2D eigenvalue weighted by atomic mass is 31.2. The van der Waals surface area contributed by atoms with Crippen LogP contribution in [0.4, 0.5) is 26.3 Å². The number of carbonyl (C=O) groups is 4. The third-order valence-electron chi connectivity index (χ3n) is 13.0. The lowest BCUT2D eigenvalue weighted by Crippen LogP contribution is -2.68. The molecule has 4 aromatic rings. The van der Waals surface area contributed by atoms with E-state index >= 15 is 0 Å². The van der Waals surface area contributed by atoms with Crippen molar-refractivity contribution < 1.29 is 92.5 Å². The number of hydrogen-bond acceptors (Lipinski definition) is 18. The molecule has 6 rings (SSSR count). The molecular formula is C54H63F6N6O16P. The number of ether oxygens (including phenoxy) is 8. The van der Waals surface area contributed by atoms with Crippen LogP contribution in [0.15, 0.2) is 94.6 Å². The van der Waals surface area contributed by atoms with E-state index in [1.165, 1.54) is 19.5 Å². The second kappa shape index (κ2) is 28.5. The standard InChI is InChI=1S/C54H63F6N6O16P/c1-30(2)66(31(3)4)83(77-24-12-23-61)82-40-25-43(80-42(40)29-76-52(35-13-10-9-11-14-35,36-15-19-38(73-7)20-16-36)37-17-21-39(74-8)22-18-37)65-27-34(47(69)64-51(65)72)28-75-48-44(63-50(71)54(58,59)60)46(79-33(6)68)45(78-32(5)67)41(81-48)26-62-49(70)53(55,56)57/h9-11,13-22,27,30-31,40-46,48H,12,24-26,28-29H2,1-8H3,(H,62,70)(H,63,71)(H,64,69,72)/t40-,41+,42+,43+,44+,45+,46+,48+,83?/m0/s1. The normalized spacial score (nSPS) is 21.5. The summed E-state index contributed by atoms with van der Waals surface area (Å²) in [6, 6.07) is 23.1. The van der Waals surface area contributed by atoms with Crippen LogP contribution in [0, 0.1) is 11.3 Å². The van der Waals surface area contributed by atoms with Gasteiger partial charge in [0.25, 0.3) is 14.1 Å². The van der Waals surface area contributed by atoms with Gasteiger partial charge in [0.1, 0.15) is 41.6 Å². The molecule has 9 atom stereocenters. The lowest BCUT2D eigenvalue weighted by Gasteiger charge is -2.45. The van der Waals surface area contributed by atoms with Crippen molar-refractivity contribution >= 4 is 32.3 Å². The number of rotatable bonds is 25. The maximum atomic E-state index is 14.0. The van der Waals surface area contributed by atoms with Crippen LogP contribution in [0.2, 0.25) is 0 Å². The van der Waals surface area contributed by atoms with E-state index < -0.39 is 129 Å². The van der Waals surface area contributed by atoms with Gasteiger partial charge < -0.3 is 57.6 Å². The van der Waals surface area contributed by atoms with Gasteiger partial charge in [-0.05, 0) is 68.7 Å². The Balaban J connectivity index is 1.43. The molecule has 3 aromatic carbocycles. The molecule has 0 aliphatic carbocycles. The molecule has 0 bridgehead atoms. The molecule has 0 saturated carbocycles. The Labute approximate surface area is 473 Å². The van der Waals surface area contributed by atoms with Crippen molar-refractivity contribution in [2.45, 2.75) is 140 Å². The number of nitrogens with zero attached hydrogens (tertiary/aromatic N) is 3. The summed E-state index contributed by atoms with van der Waals surface area (Å²) in [5.74, 6) is -6.54. The first-order valence-corrected chi connectivity index (χ1v) is 26.9. The Morgan fingerprint density at radius 2 is 1.35 bits per heavy atom. The first-order valence-electron chi connectivity index (χ1n) is 25.8.